The van der Waals surface area contributed by atoms with Crippen molar-refractivity contribution in [3.05, 3.63) is 59.3 Å². The van der Waals surface area contributed by atoms with Gasteiger partial charge in [0.15, 0.2) is 0 Å². The Kier molecular flexibility index (Phi) is 5.59. The van der Waals surface area contributed by atoms with E-state index in [1.54, 1.807) is 37.3 Å². The van der Waals surface area contributed by atoms with Gasteiger partial charge in [-0.1, -0.05) is 18.2 Å². The molecule has 7 heteroatoms. The van der Waals surface area contributed by atoms with Gasteiger partial charge in [-0.15, -0.1) is 6.58 Å². The van der Waals surface area contributed by atoms with Crippen LogP contribution in [0.3, 0.4) is 0 Å². The first-order valence-electron chi connectivity index (χ1n) is 7.60. The van der Waals surface area contributed by atoms with Gasteiger partial charge in [-0.25, -0.2) is 14.4 Å². The number of esters is 2. The minimum Gasteiger partial charge on any atom is -0.466 e. The highest BCUT2D eigenvalue weighted by Gasteiger charge is 2.35. The summed E-state index contributed by atoms with van der Waals surface area (Å²) in [6, 6.07) is 5.47. The second kappa shape index (κ2) is 7.65. The van der Waals surface area contributed by atoms with Crippen molar-refractivity contribution in [1.29, 1.82) is 0 Å². The molecule has 25 heavy (non-hydrogen) atoms. The van der Waals surface area contributed by atoms with Crippen LogP contribution < -0.4 is 5.32 Å². The predicted octanol–water partition coefficient (Wildman–Crippen LogP) is 2.17. The average Bonchev–Trinajstić information content (AvgIpc) is 2.63. The SMILES string of the molecule is C=CCN1C(=O)NC(c2ccc(C(=O)OC)cc2)C(C(=O)OC)=C1C. The third-order valence-electron chi connectivity index (χ3n) is 3.98. The molecule has 0 fully saturated rings. The molecule has 0 saturated heterocycles. The summed E-state index contributed by atoms with van der Waals surface area (Å²) in [7, 11) is 2.58. The quantitative estimate of drug-likeness (QED) is 0.654. The smallest absolute Gasteiger partial charge is 0.337 e. The topological polar surface area (TPSA) is 84.9 Å². The van der Waals surface area contributed by atoms with Crippen molar-refractivity contribution >= 4 is 18.0 Å². The predicted molar refractivity (Wildman–Crippen MR) is 90.7 cm³/mol. The molecule has 0 spiro atoms. The number of methoxy groups -OCH3 is 2. The van der Waals surface area contributed by atoms with Crippen molar-refractivity contribution < 1.29 is 23.9 Å². The molecule has 7 nitrogen and oxygen atoms in total. The summed E-state index contributed by atoms with van der Waals surface area (Å²) in [4.78, 5) is 37.6. The van der Waals surface area contributed by atoms with Crippen molar-refractivity contribution in [3.8, 4) is 0 Å². The number of benzene rings is 1. The first-order valence-corrected chi connectivity index (χ1v) is 7.60. The van der Waals surface area contributed by atoms with Gasteiger partial charge in [-0.05, 0) is 24.6 Å². The van der Waals surface area contributed by atoms with Crippen LogP contribution in [0.5, 0.6) is 0 Å². The van der Waals surface area contributed by atoms with E-state index in [2.05, 4.69) is 16.6 Å². The lowest BCUT2D eigenvalue weighted by atomic mass is 9.94. The molecule has 1 aliphatic heterocycles. The van der Waals surface area contributed by atoms with Crippen molar-refractivity contribution in [2.24, 2.45) is 0 Å². The summed E-state index contributed by atoms with van der Waals surface area (Å²) in [5, 5.41) is 2.79. The number of hydrogen-bond donors (Lipinski definition) is 1. The second-order valence-electron chi connectivity index (χ2n) is 5.39. The van der Waals surface area contributed by atoms with Gasteiger partial charge >= 0.3 is 18.0 Å². The Morgan fingerprint density at radius 2 is 1.80 bits per heavy atom. The Balaban J connectivity index is 2.47. The maximum atomic E-state index is 12.4. The van der Waals surface area contributed by atoms with Crippen molar-refractivity contribution in [2.75, 3.05) is 20.8 Å². The van der Waals surface area contributed by atoms with Gasteiger partial charge < -0.3 is 14.8 Å². The van der Waals surface area contributed by atoms with Gasteiger partial charge in [-0.2, -0.15) is 0 Å². The zero-order valence-corrected chi connectivity index (χ0v) is 14.4. The van der Waals surface area contributed by atoms with Gasteiger partial charge in [0.05, 0.1) is 31.4 Å². The lowest BCUT2D eigenvalue weighted by Crippen LogP contribution is -2.48. The third-order valence-corrected chi connectivity index (χ3v) is 3.98. The number of nitrogens with one attached hydrogen (secondary N) is 1. The fourth-order valence-electron chi connectivity index (χ4n) is 2.68. The molecule has 1 heterocycles. The lowest BCUT2D eigenvalue weighted by Gasteiger charge is -2.34. The first kappa shape index (κ1) is 18.3. The van der Waals surface area contributed by atoms with Crippen molar-refractivity contribution in [1.82, 2.24) is 10.2 Å². The third kappa shape index (κ3) is 3.55. The van der Waals surface area contributed by atoms with E-state index >= 15 is 0 Å². The number of carbonyl (C=O) groups excluding carboxylic acids is 3. The van der Waals surface area contributed by atoms with Crippen LogP contribution in [0.1, 0.15) is 28.9 Å². The van der Waals surface area contributed by atoms with Gasteiger partial charge in [0.25, 0.3) is 0 Å². The van der Waals surface area contributed by atoms with E-state index in [-0.39, 0.29) is 12.6 Å². The molecule has 2 amide bonds. The van der Waals surface area contributed by atoms with Crippen LogP contribution in [-0.2, 0) is 14.3 Å². The summed E-state index contributed by atoms with van der Waals surface area (Å²) in [6.07, 6.45) is 1.57. The summed E-state index contributed by atoms with van der Waals surface area (Å²) in [6.45, 7) is 5.58. The van der Waals surface area contributed by atoms with Gasteiger partial charge in [0.2, 0.25) is 0 Å². The molecule has 0 aliphatic carbocycles. The van der Waals surface area contributed by atoms with E-state index in [4.69, 9.17) is 4.74 Å². The first-order chi connectivity index (χ1) is 11.9. The van der Waals surface area contributed by atoms with E-state index in [1.165, 1.54) is 19.1 Å². The molecule has 1 aliphatic rings. The zero-order valence-electron chi connectivity index (χ0n) is 14.4. The fraction of sp³-hybridized carbons (Fsp3) is 0.278. The summed E-state index contributed by atoms with van der Waals surface area (Å²) in [5.41, 5.74) is 1.85. The average molecular weight is 344 g/mol. The molecular formula is C18H20N2O5. The molecule has 0 saturated carbocycles. The number of carbonyl (C=O) groups is 3. The summed E-state index contributed by atoms with van der Waals surface area (Å²) >= 11 is 0. The van der Waals surface area contributed by atoms with Crippen LogP contribution in [0.2, 0.25) is 0 Å². The largest absolute Gasteiger partial charge is 0.466 e. The van der Waals surface area contributed by atoms with Crippen molar-refractivity contribution in [3.63, 3.8) is 0 Å². The Labute approximate surface area is 145 Å². The molecule has 1 aromatic carbocycles. The molecule has 1 atom stereocenters. The van der Waals surface area contributed by atoms with E-state index in [0.29, 0.717) is 22.4 Å². The standard InChI is InChI=1S/C18H20N2O5/c1-5-10-20-11(2)14(17(22)25-4)15(19-18(20)23)12-6-8-13(9-7-12)16(21)24-3/h5-9,15H,1,10H2,2-4H3,(H,19,23). The molecule has 1 N–H and O–H groups in total. The molecule has 0 radical (unpaired) electrons. The Hall–Kier alpha value is -3.09. The van der Waals surface area contributed by atoms with E-state index in [1.807, 2.05) is 0 Å². The molecular weight excluding hydrogens is 324 g/mol. The van der Waals surface area contributed by atoms with Crippen LogP contribution in [0.25, 0.3) is 0 Å². The molecule has 1 unspecified atom stereocenters. The Morgan fingerprint density at radius 1 is 1.20 bits per heavy atom. The zero-order chi connectivity index (χ0) is 18.6. The van der Waals surface area contributed by atoms with E-state index in [9.17, 15) is 14.4 Å². The lowest BCUT2D eigenvalue weighted by molar-refractivity contribution is -0.136. The van der Waals surface area contributed by atoms with Gasteiger partial charge in [0.1, 0.15) is 0 Å². The highest BCUT2D eigenvalue weighted by atomic mass is 16.5. The highest BCUT2D eigenvalue weighted by molar-refractivity contribution is 5.95. The Morgan fingerprint density at radius 3 is 2.32 bits per heavy atom. The number of amides is 2. The Bertz CT molecular complexity index is 736. The van der Waals surface area contributed by atoms with E-state index < -0.39 is 18.0 Å². The molecule has 1 aromatic rings. The van der Waals surface area contributed by atoms with Crippen molar-refractivity contribution in [2.45, 2.75) is 13.0 Å². The van der Waals surface area contributed by atoms with Gasteiger partial charge in [0, 0.05) is 12.2 Å². The molecule has 0 bridgehead atoms. The van der Waals surface area contributed by atoms with Gasteiger partial charge in [-0.3, -0.25) is 4.90 Å². The number of rotatable bonds is 5. The number of hydrogen-bond acceptors (Lipinski definition) is 5. The minimum absolute atomic E-state index is 0.270. The fourth-order valence-corrected chi connectivity index (χ4v) is 2.68. The maximum absolute atomic E-state index is 12.4. The van der Waals surface area contributed by atoms with Crippen LogP contribution in [0.4, 0.5) is 4.79 Å². The molecule has 2 rings (SSSR count). The number of ether oxygens (including phenoxy) is 2. The normalized spacial score (nSPS) is 17.0. The highest BCUT2D eigenvalue weighted by Crippen LogP contribution is 2.31. The number of urea groups is 1. The maximum Gasteiger partial charge on any atom is 0.337 e. The van der Waals surface area contributed by atoms with Crippen LogP contribution in [0, 0.1) is 0 Å². The van der Waals surface area contributed by atoms with Crippen LogP contribution in [0.15, 0.2) is 48.2 Å². The monoisotopic (exact) mass is 344 g/mol. The summed E-state index contributed by atoms with van der Waals surface area (Å²) < 4.78 is 9.54. The number of nitrogens with zero attached hydrogens (tertiary/aromatic N) is 1. The van der Waals surface area contributed by atoms with Crippen LogP contribution >= 0.6 is 0 Å². The minimum atomic E-state index is -0.673. The molecule has 132 valence electrons. The van der Waals surface area contributed by atoms with Crippen LogP contribution in [-0.4, -0.2) is 43.6 Å². The molecule has 0 aromatic heterocycles. The number of allylic oxidation sites excluding steroid dienone is 1. The second-order valence-corrected chi connectivity index (χ2v) is 5.39. The van der Waals surface area contributed by atoms with E-state index in [0.717, 1.165) is 0 Å². The summed E-state index contributed by atoms with van der Waals surface area (Å²) in [5.74, 6) is -0.995.